The summed E-state index contributed by atoms with van der Waals surface area (Å²) >= 11 is 6.21. The average molecular weight is 486 g/mol. The van der Waals surface area contributed by atoms with Crippen molar-refractivity contribution in [3.63, 3.8) is 0 Å². The van der Waals surface area contributed by atoms with Crippen LogP contribution in [0.15, 0.2) is 33.1 Å². The van der Waals surface area contributed by atoms with Crippen molar-refractivity contribution in [2.45, 2.75) is 11.3 Å². The molecule has 0 saturated carbocycles. The number of thioether (sulfide) groups is 1. The number of carbonyl (C=O) groups excluding carboxylic acids is 2. The van der Waals surface area contributed by atoms with Crippen molar-refractivity contribution >= 4 is 61.8 Å². The van der Waals surface area contributed by atoms with Crippen molar-refractivity contribution in [2.75, 3.05) is 43.9 Å². The molecular weight excluding hydrogens is 466 g/mol. The van der Waals surface area contributed by atoms with Gasteiger partial charge in [-0.15, -0.1) is 10.2 Å². The minimum atomic E-state index is -0.316. The third-order valence-corrected chi connectivity index (χ3v) is 6.41. The fourth-order valence-corrected chi connectivity index (χ4v) is 4.65. The van der Waals surface area contributed by atoms with Crippen LogP contribution in [0.3, 0.4) is 0 Å². The van der Waals surface area contributed by atoms with E-state index in [9.17, 15) is 9.59 Å². The molecule has 2 aromatic rings. The number of halogens is 1. The summed E-state index contributed by atoms with van der Waals surface area (Å²) in [5.41, 5.74) is 0.914. The largest absolute Gasteiger partial charge is 0.450 e. The third-order valence-electron chi connectivity index (χ3n) is 3.96. The minimum absolute atomic E-state index is 0.0326. The van der Waals surface area contributed by atoms with Gasteiger partial charge in [0.05, 0.1) is 12.4 Å². The van der Waals surface area contributed by atoms with Crippen LogP contribution in [-0.2, 0) is 9.53 Å². The summed E-state index contributed by atoms with van der Waals surface area (Å²) in [5.74, 6) is 0.329. The van der Waals surface area contributed by atoms with E-state index in [1.165, 1.54) is 23.1 Å². The van der Waals surface area contributed by atoms with Crippen molar-refractivity contribution in [3.05, 3.63) is 28.7 Å². The van der Waals surface area contributed by atoms with Crippen LogP contribution >= 0.6 is 39.0 Å². The molecule has 1 fully saturated rings. The smallest absolute Gasteiger partial charge is 0.409 e. The molecule has 2 amide bonds. The lowest BCUT2D eigenvalue weighted by Crippen LogP contribution is -2.51. The lowest BCUT2D eigenvalue weighted by atomic mass is 10.3. The minimum Gasteiger partial charge on any atom is -0.450 e. The normalized spacial score (nSPS) is 14.1. The summed E-state index contributed by atoms with van der Waals surface area (Å²) < 4.78 is 6.70. The van der Waals surface area contributed by atoms with E-state index >= 15 is 0 Å². The molecule has 150 valence electrons. The van der Waals surface area contributed by atoms with Crippen molar-refractivity contribution in [2.24, 2.45) is 0 Å². The van der Waals surface area contributed by atoms with Gasteiger partial charge in [-0.25, -0.2) is 4.79 Å². The van der Waals surface area contributed by atoms with Gasteiger partial charge in [-0.3, -0.25) is 4.79 Å². The first kappa shape index (κ1) is 20.9. The number of rotatable bonds is 6. The zero-order valence-corrected chi connectivity index (χ0v) is 18.5. The number of aromatic nitrogens is 2. The van der Waals surface area contributed by atoms with E-state index in [2.05, 4.69) is 31.4 Å². The Balaban J connectivity index is 1.44. The summed E-state index contributed by atoms with van der Waals surface area (Å²) in [6.45, 7) is 4.16. The van der Waals surface area contributed by atoms with E-state index < -0.39 is 0 Å². The molecule has 11 heteroatoms. The van der Waals surface area contributed by atoms with Crippen molar-refractivity contribution in [3.8, 4) is 0 Å². The predicted molar refractivity (Wildman–Crippen MR) is 113 cm³/mol. The molecule has 1 aliphatic rings. The maximum Gasteiger partial charge on any atom is 0.409 e. The highest BCUT2D eigenvalue weighted by Crippen LogP contribution is 2.28. The molecule has 0 bridgehead atoms. The average Bonchev–Trinajstić information content (AvgIpc) is 3.14. The second-order valence-electron chi connectivity index (χ2n) is 5.86. The number of hydrogen-bond donors (Lipinski definition) is 1. The fourth-order valence-electron chi connectivity index (χ4n) is 2.58. The van der Waals surface area contributed by atoms with Crippen molar-refractivity contribution < 1.29 is 14.3 Å². The highest BCUT2D eigenvalue weighted by molar-refractivity contribution is 9.10. The number of carbonyl (C=O) groups is 2. The maximum absolute atomic E-state index is 12.4. The van der Waals surface area contributed by atoms with Crippen molar-refractivity contribution in [1.29, 1.82) is 0 Å². The monoisotopic (exact) mass is 485 g/mol. The summed E-state index contributed by atoms with van der Waals surface area (Å²) in [7, 11) is 0. The van der Waals surface area contributed by atoms with Crippen LogP contribution in [-0.4, -0.2) is 70.5 Å². The molecule has 0 atom stereocenters. The maximum atomic E-state index is 12.4. The Kier molecular flexibility index (Phi) is 7.51. The Morgan fingerprint density at radius 3 is 2.71 bits per heavy atom. The number of ether oxygens (including phenoxy) is 1. The number of nitrogens with zero attached hydrogens (tertiary/aromatic N) is 4. The molecular formula is C17H20BrN5O3S2. The Hall–Kier alpha value is -1.85. The molecule has 0 radical (unpaired) electrons. The summed E-state index contributed by atoms with van der Waals surface area (Å²) in [6.07, 6.45) is -0.316. The highest BCUT2D eigenvalue weighted by Gasteiger charge is 2.25. The van der Waals surface area contributed by atoms with E-state index in [4.69, 9.17) is 4.74 Å². The molecule has 2 heterocycles. The van der Waals surface area contributed by atoms with Gasteiger partial charge in [0, 0.05) is 36.3 Å². The molecule has 0 spiro atoms. The molecule has 1 saturated heterocycles. The molecule has 1 aromatic heterocycles. The topological polar surface area (TPSA) is 87.7 Å². The molecule has 1 N–H and O–H groups in total. The Bertz CT molecular complexity index is 827. The first-order valence-electron chi connectivity index (χ1n) is 8.73. The van der Waals surface area contributed by atoms with Gasteiger partial charge in [0.25, 0.3) is 0 Å². The molecule has 0 unspecified atom stereocenters. The zero-order chi connectivity index (χ0) is 19.9. The quantitative estimate of drug-likeness (QED) is 0.626. The molecule has 8 nitrogen and oxygen atoms in total. The lowest BCUT2D eigenvalue weighted by Gasteiger charge is -2.33. The second-order valence-corrected chi connectivity index (χ2v) is 8.98. The Morgan fingerprint density at radius 2 is 2.00 bits per heavy atom. The van der Waals surface area contributed by atoms with E-state index in [0.29, 0.717) is 43.7 Å². The zero-order valence-electron chi connectivity index (χ0n) is 15.3. The van der Waals surface area contributed by atoms with E-state index in [1.54, 1.807) is 16.7 Å². The van der Waals surface area contributed by atoms with Gasteiger partial charge in [0.2, 0.25) is 11.0 Å². The standard InChI is InChI=1S/C17H20BrN5O3S2/c1-2-26-17(25)23-8-6-22(7-9-23)14(24)11-27-16-21-20-15(28-16)19-13-5-3-4-12(18)10-13/h3-5,10H,2,6-9,11H2,1H3,(H,19,20). The van der Waals surface area contributed by atoms with Crippen LogP contribution in [0.25, 0.3) is 0 Å². The van der Waals surface area contributed by atoms with Gasteiger partial charge in [0.15, 0.2) is 4.34 Å². The summed E-state index contributed by atoms with van der Waals surface area (Å²) in [6, 6.07) is 7.78. The molecule has 3 rings (SSSR count). The number of amides is 2. The van der Waals surface area contributed by atoms with Crippen LogP contribution in [0.1, 0.15) is 6.92 Å². The highest BCUT2D eigenvalue weighted by atomic mass is 79.9. The number of benzene rings is 1. The van der Waals surface area contributed by atoms with E-state index in [1.807, 2.05) is 24.3 Å². The van der Waals surface area contributed by atoms with Crippen LogP contribution in [0.4, 0.5) is 15.6 Å². The van der Waals surface area contributed by atoms with Crippen LogP contribution in [0.2, 0.25) is 0 Å². The summed E-state index contributed by atoms with van der Waals surface area (Å²) in [5, 5.41) is 12.1. The van der Waals surface area contributed by atoms with Gasteiger partial charge >= 0.3 is 6.09 Å². The molecule has 1 aromatic carbocycles. The van der Waals surface area contributed by atoms with Gasteiger partial charge in [-0.05, 0) is 25.1 Å². The Morgan fingerprint density at radius 1 is 1.25 bits per heavy atom. The number of piperazine rings is 1. The second kappa shape index (κ2) is 10.1. The number of anilines is 2. The van der Waals surface area contributed by atoms with Crippen LogP contribution in [0.5, 0.6) is 0 Å². The van der Waals surface area contributed by atoms with Gasteiger partial charge in [-0.1, -0.05) is 45.1 Å². The Labute approximate surface area is 179 Å². The molecule has 1 aliphatic heterocycles. The molecule has 28 heavy (non-hydrogen) atoms. The predicted octanol–water partition coefficient (Wildman–Crippen LogP) is 3.44. The number of nitrogens with one attached hydrogen (secondary N) is 1. The van der Waals surface area contributed by atoms with Gasteiger partial charge in [-0.2, -0.15) is 0 Å². The van der Waals surface area contributed by atoms with Gasteiger partial charge < -0.3 is 19.9 Å². The lowest BCUT2D eigenvalue weighted by molar-refractivity contribution is -0.129. The van der Waals surface area contributed by atoms with Crippen molar-refractivity contribution in [1.82, 2.24) is 20.0 Å². The van der Waals surface area contributed by atoms with E-state index in [-0.39, 0.29) is 12.0 Å². The SMILES string of the molecule is CCOC(=O)N1CCN(C(=O)CSc2nnc(Nc3cccc(Br)c3)s2)CC1. The molecule has 0 aliphatic carbocycles. The van der Waals surface area contributed by atoms with E-state index in [0.717, 1.165) is 14.5 Å². The van der Waals surface area contributed by atoms with Crippen LogP contribution < -0.4 is 5.32 Å². The number of hydrogen-bond acceptors (Lipinski definition) is 8. The summed E-state index contributed by atoms with van der Waals surface area (Å²) in [4.78, 5) is 27.5. The third kappa shape index (κ3) is 5.82. The first-order valence-corrected chi connectivity index (χ1v) is 11.3. The first-order chi connectivity index (χ1) is 13.5. The van der Waals surface area contributed by atoms with Crippen LogP contribution in [0, 0.1) is 0 Å². The van der Waals surface area contributed by atoms with Gasteiger partial charge in [0.1, 0.15) is 0 Å². The fraction of sp³-hybridized carbons (Fsp3) is 0.412.